The zero-order chi connectivity index (χ0) is 21.1. The highest BCUT2D eigenvalue weighted by molar-refractivity contribution is 7.12. The molecule has 4 rings (SSSR count). The Morgan fingerprint density at radius 3 is 2.77 bits per heavy atom. The second-order valence-corrected chi connectivity index (χ2v) is 8.45. The molecule has 0 saturated carbocycles. The fourth-order valence-electron chi connectivity index (χ4n) is 3.81. The molecule has 0 aliphatic carbocycles. The van der Waals surface area contributed by atoms with E-state index in [4.69, 9.17) is 9.15 Å². The highest BCUT2D eigenvalue weighted by atomic mass is 32.1. The van der Waals surface area contributed by atoms with Gasteiger partial charge in [0.1, 0.15) is 5.76 Å². The van der Waals surface area contributed by atoms with Crippen molar-refractivity contribution in [2.45, 2.75) is 26.3 Å². The minimum absolute atomic E-state index is 0.0370. The number of likely N-dealkylation sites (tertiary alicyclic amines) is 1. The van der Waals surface area contributed by atoms with Crippen molar-refractivity contribution in [1.82, 2.24) is 9.88 Å². The van der Waals surface area contributed by atoms with Gasteiger partial charge in [-0.05, 0) is 62.0 Å². The number of ketones is 1. The smallest absolute Gasteiger partial charge is 0.337 e. The third kappa shape index (κ3) is 4.37. The fraction of sp³-hybridized carbons (Fsp3) is 0.348. The minimum Gasteiger partial charge on any atom is -0.465 e. The van der Waals surface area contributed by atoms with Crippen LogP contribution in [0.4, 0.5) is 0 Å². The van der Waals surface area contributed by atoms with E-state index in [1.54, 1.807) is 24.3 Å². The molecule has 6 nitrogen and oxygen atoms in total. The lowest BCUT2D eigenvalue weighted by atomic mass is 9.93. The molecule has 0 N–H and O–H groups in total. The van der Waals surface area contributed by atoms with Crippen LogP contribution in [0, 0.1) is 12.8 Å². The molecular formula is C23H24N2O4S. The van der Waals surface area contributed by atoms with Crippen LogP contribution in [0.15, 0.2) is 46.2 Å². The summed E-state index contributed by atoms with van der Waals surface area (Å²) < 4.78 is 10.6. The molecule has 1 unspecified atom stereocenters. The number of aromatic nitrogens is 1. The number of benzene rings is 1. The predicted molar refractivity (Wildman–Crippen MR) is 115 cm³/mol. The van der Waals surface area contributed by atoms with E-state index in [2.05, 4.69) is 9.88 Å². The summed E-state index contributed by atoms with van der Waals surface area (Å²) in [7, 11) is 1.36. The van der Waals surface area contributed by atoms with Gasteiger partial charge >= 0.3 is 5.97 Å². The Bertz CT molecular complexity index is 1020. The molecule has 1 aliphatic rings. The fourth-order valence-corrected chi connectivity index (χ4v) is 4.55. The maximum Gasteiger partial charge on any atom is 0.337 e. The number of hydrogen-bond donors (Lipinski definition) is 0. The van der Waals surface area contributed by atoms with E-state index in [9.17, 15) is 9.59 Å². The molecule has 156 valence electrons. The maximum atomic E-state index is 12.7. The lowest BCUT2D eigenvalue weighted by molar-refractivity contribution is 0.0600. The van der Waals surface area contributed by atoms with Crippen LogP contribution in [0.2, 0.25) is 0 Å². The number of esters is 1. The largest absolute Gasteiger partial charge is 0.465 e. The summed E-state index contributed by atoms with van der Waals surface area (Å²) in [5.41, 5.74) is 2.17. The van der Waals surface area contributed by atoms with E-state index in [1.807, 2.05) is 24.4 Å². The van der Waals surface area contributed by atoms with Gasteiger partial charge in [0.15, 0.2) is 5.78 Å². The van der Waals surface area contributed by atoms with Crippen LogP contribution >= 0.6 is 11.3 Å². The van der Waals surface area contributed by atoms with Gasteiger partial charge in [0.2, 0.25) is 5.89 Å². The summed E-state index contributed by atoms with van der Waals surface area (Å²) in [6, 6.07) is 10.8. The first-order valence-electron chi connectivity index (χ1n) is 10.0. The van der Waals surface area contributed by atoms with Gasteiger partial charge in [-0.1, -0.05) is 6.07 Å². The van der Waals surface area contributed by atoms with Gasteiger partial charge in [-0.2, -0.15) is 0 Å². The molecule has 1 aliphatic heterocycles. The van der Waals surface area contributed by atoms with E-state index in [-0.39, 0.29) is 17.7 Å². The molecule has 1 atom stereocenters. The second-order valence-electron chi connectivity index (χ2n) is 7.51. The van der Waals surface area contributed by atoms with Gasteiger partial charge in [-0.3, -0.25) is 9.69 Å². The third-order valence-corrected chi connectivity index (χ3v) is 6.34. The highest BCUT2D eigenvalue weighted by Crippen LogP contribution is 2.27. The number of carbonyl (C=O) groups excluding carboxylic acids is 2. The van der Waals surface area contributed by atoms with Crippen LogP contribution < -0.4 is 0 Å². The minimum atomic E-state index is -0.373. The molecule has 0 radical (unpaired) electrons. The average Bonchev–Trinajstić information content (AvgIpc) is 3.43. The van der Waals surface area contributed by atoms with Crippen molar-refractivity contribution in [2.75, 3.05) is 20.2 Å². The van der Waals surface area contributed by atoms with Gasteiger partial charge in [0.05, 0.1) is 23.2 Å². The van der Waals surface area contributed by atoms with Crippen LogP contribution in [0.1, 0.15) is 44.3 Å². The summed E-state index contributed by atoms with van der Waals surface area (Å²) >= 11 is 1.51. The molecule has 1 fully saturated rings. The molecule has 0 amide bonds. The van der Waals surface area contributed by atoms with Crippen LogP contribution in [0.3, 0.4) is 0 Å². The quantitative estimate of drug-likeness (QED) is 0.426. The van der Waals surface area contributed by atoms with Crippen molar-refractivity contribution in [2.24, 2.45) is 5.92 Å². The van der Waals surface area contributed by atoms with Crippen molar-refractivity contribution in [3.63, 3.8) is 0 Å². The first kappa shape index (κ1) is 20.5. The lowest BCUT2D eigenvalue weighted by Crippen LogP contribution is -2.38. The number of aryl methyl sites for hydroxylation is 1. The summed E-state index contributed by atoms with van der Waals surface area (Å²) in [6.45, 7) is 4.26. The molecule has 7 heteroatoms. The normalized spacial score (nSPS) is 17.1. The summed E-state index contributed by atoms with van der Waals surface area (Å²) in [4.78, 5) is 32.1. The monoisotopic (exact) mass is 424 g/mol. The first-order chi connectivity index (χ1) is 14.5. The third-order valence-electron chi connectivity index (χ3n) is 5.46. The summed E-state index contributed by atoms with van der Waals surface area (Å²) in [5, 5.41) is 1.95. The number of piperidine rings is 1. The molecule has 3 aromatic rings. The Labute approximate surface area is 179 Å². The molecular weight excluding hydrogens is 400 g/mol. The Hall–Kier alpha value is -2.77. The molecule has 1 aromatic carbocycles. The van der Waals surface area contributed by atoms with E-state index in [1.165, 1.54) is 18.4 Å². The standard InChI is InChI=1S/C23H24N2O4S/c1-15-19(24-22(29-15)16-7-9-17(10-8-16)23(27)28-2)14-25-11-3-5-18(13-25)21(26)20-6-4-12-30-20/h4,6-10,12,18H,3,5,11,13-14H2,1-2H3. The zero-order valence-corrected chi connectivity index (χ0v) is 17.9. The number of rotatable bonds is 6. The summed E-state index contributed by atoms with van der Waals surface area (Å²) in [5.74, 6) is 1.21. The van der Waals surface area contributed by atoms with E-state index >= 15 is 0 Å². The van der Waals surface area contributed by atoms with Crippen LogP contribution in [0.5, 0.6) is 0 Å². The number of thiophene rings is 1. The van der Waals surface area contributed by atoms with Crippen molar-refractivity contribution in [1.29, 1.82) is 0 Å². The average molecular weight is 425 g/mol. The molecule has 2 aromatic heterocycles. The van der Waals surface area contributed by atoms with E-state index < -0.39 is 0 Å². The van der Waals surface area contributed by atoms with Gasteiger partial charge in [-0.25, -0.2) is 9.78 Å². The predicted octanol–water partition coefficient (Wildman–Crippen LogP) is 4.59. The van der Waals surface area contributed by atoms with E-state index in [0.717, 1.165) is 47.8 Å². The number of nitrogens with zero attached hydrogens (tertiary/aromatic N) is 2. The highest BCUT2D eigenvalue weighted by Gasteiger charge is 2.28. The molecule has 0 bridgehead atoms. The van der Waals surface area contributed by atoms with Crippen molar-refractivity contribution >= 4 is 23.1 Å². The number of ether oxygens (including phenoxy) is 1. The van der Waals surface area contributed by atoms with Crippen LogP contribution in [-0.2, 0) is 11.3 Å². The van der Waals surface area contributed by atoms with E-state index in [0.29, 0.717) is 18.0 Å². The molecule has 1 saturated heterocycles. The lowest BCUT2D eigenvalue weighted by Gasteiger charge is -2.31. The first-order valence-corrected chi connectivity index (χ1v) is 10.9. The number of carbonyl (C=O) groups is 2. The molecule has 0 spiro atoms. The van der Waals surface area contributed by atoms with Crippen molar-refractivity contribution in [3.8, 4) is 11.5 Å². The Morgan fingerprint density at radius 1 is 1.27 bits per heavy atom. The number of methoxy groups -OCH3 is 1. The van der Waals surface area contributed by atoms with Crippen molar-refractivity contribution < 1.29 is 18.7 Å². The maximum absolute atomic E-state index is 12.7. The van der Waals surface area contributed by atoms with Gasteiger partial charge in [-0.15, -0.1) is 11.3 Å². The Morgan fingerprint density at radius 2 is 2.07 bits per heavy atom. The SMILES string of the molecule is COC(=O)c1ccc(-c2nc(CN3CCCC(C(=O)c4cccs4)C3)c(C)o2)cc1. The molecule has 30 heavy (non-hydrogen) atoms. The van der Waals surface area contributed by atoms with Gasteiger partial charge in [0.25, 0.3) is 0 Å². The van der Waals surface area contributed by atoms with Crippen LogP contribution in [0.25, 0.3) is 11.5 Å². The zero-order valence-electron chi connectivity index (χ0n) is 17.1. The number of oxazole rings is 1. The Kier molecular flexibility index (Phi) is 6.11. The van der Waals surface area contributed by atoms with Gasteiger partial charge in [0, 0.05) is 24.6 Å². The summed E-state index contributed by atoms with van der Waals surface area (Å²) in [6.07, 6.45) is 1.93. The van der Waals surface area contributed by atoms with Gasteiger partial charge < -0.3 is 9.15 Å². The molecule has 3 heterocycles. The number of Topliss-reactive ketones (excluding diaryl/α,β-unsaturated/α-hetero) is 1. The second kappa shape index (κ2) is 8.93. The van der Waals surface area contributed by atoms with Crippen molar-refractivity contribution in [3.05, 3.63) is 63.7 Å². The topological polar surface area (TPSA) is 72.6 Å². The number of hydrogen-bond acceptors (Lipinski definition) is 7. The van der Waals surface area contributed by atoms with Crippen LogP contribution in [-0.4, -0.2) is 41.8 Å². The Balaban J connectivity index is 1.44.